The Hall–Kier alpha value is -0.510. The maximum Gasteiger partial charge on any atom is 0.0729 e. The Balaban J connectivity index is 1.77. The summed E-state index contributed by atoms with van der Waals surface area (Å²) in [5.41, 5.74) is 2.75. The molecule has 1 saturated heterocycles. The van der Waals surface area contributed by atoms with Crippen molar-refractivity contribution >= 4 is 39.8 Å². The molecule has 2 heterocycles. The number of hydrogen-bond acceptors (Lipinski definition) is 3. The van der Waals surface area contributed by atoms with Gasteiger partial charge in [-0.2, -0.15) is 0 Å². The third-order valence-electron chi connectivity index (χ3n) is 3.94. The Labute approximate surface area is 135 Å². The highest BCUT2D eigenvalue weighted by atomic mass is 35.5. The van der Waals surface area contributed by atoms with Crippen LogP contribution in [0, 0.1) is 0 Å². The van der Waals surface area contributed by atoms with Crippen LogP contribution in [0.2, 0.25) is 5.02 Å². The third-order valence-corrected chi connectivity index (χ3v) is 5.67. The van der Waals surface area contributed by atoms with Gasteiger partial charge in [0, 0.05) is 35.5 Å². The van der Waals surface area contributed by atoms with Gasteiger partial charge >= 0.3 is 0 Å². The van der Waals surface area contributed by atoms with Crippen molar-refractivity contribution < 1.29 is 0 Å². The Bertz CT molecular complexity index is 518. The topological polar surface area (TPSA) is 3.24 Å². The molecule has 0 radical (unpaired) electrons. The number of benzene rings is 1. The standard InChI is InChI=1S/C16H18ClNS2/c17-13-6-4-12(5-7-13)15-10-14(11-16(19)20-15)18-8-2-1-3-9-18/h4-7,11,15H,1-3,8-10H2/t15-/m0/s1. The van der Waals surface area contributed by atoms with Gasteiger partial charge in [-0.05, 0) is 43.0 Å². The summed E-state index contributed by atoms with van der Waals surface area (Å²) in [6, 6.07) is 8.20. The van der Waals surface area contributed by atoms with Crippen molar-refractivity contribution in [2.24, 2.45) is 0 Å². The average Bonchev–Trinajstić information content (AvgIpc) is 2.48. The molecular formula is C16H18ClNS2. The van der Waals surface area contributed by atoms with E-state index in [-0.39, 0.29) is 0 Å². The summed E-state index contributed by atoms with van der Waals surface area (Å²) in [7, 11) is 0. The predicted molar refractivity (Wildman–Crippen MR) is 92.5 cm³/mol. The molecule has 1 aromatic rings. The molecule has 1 nitrogen and oxygen atoms in total. The lowest BCUT2D eigenvalue weighted by Gasteiger charge is -2.35. The summed E-state index contributed by atoms with van der Waals surface area (Å²) < 4.78 is 1.01. The maximum absolute atomic E-state index is 5.98. The Morgan fingerprint density at radius 1 is 1.10 bits per heavy atom. The lowest BCUT2D eigenvalue weighted by atomic mass is 10.0. The molecule has 0 unspecified atom stereocenters. The first-order chi connectivity index (χ1) is 9.72. The number of thiocarbonyl (C=S) groups is 1. The van der Waals surface area contributed by atoms with Gasteiger partial charge in [-0.25, -0.2) is 0 Å². The summed E-state index contributed by atoms with van der Waals surface area (Å²) in [6.07, 6.45) is 7.26. The van der Waals surface area contributed by atoms with Gasteiger partial charge in [0.1, 0.15) is 0 Å². The smallest absolute Gasteiger partial charge is 0.0729 e. The van der Waals surface area contributed by atoms with Crippen molar-refractivity contribution in [3.63, 3.8) is 0 Å². The number of allylic oxidation sites excluding steroid dienone is 1. The van der Waals surface area contributed by atoms with Crippen molar-refractivity contribution in [1.82, 2.24) is 4.90 Å². The highest BCUT2D eigenvalue weighted by molar-refractivity contribution is 8.23. The monoisotopic (exact) mass is 323 g/mol. The van der Waals surface area contributed by atoms with Gasteiger partial charge in [0.2, 0.25) is 0 Å². The fourth-order valence-electron chi connectivity index (χ4n) is 2.87. The quantitative estimate of drug-likeness (QED) is 0.687. The fraction of sp³-hybridized carbons (Fsp3) is 0.438. The molecule has 3 rings (SSSR count). The summed E-state index contributed by atoms with van der Waals surface area (Å²) in [5, 5.41) is 1.23. The number of piperidine rings is 1. The first-order valence-corrected chi connectivity index (χ1v) is 8.80. The molecule has 0 saturated carbocycles. The molecule has 1 atom stereocenters. The van der Waals surface area contributed by atoms with Crippen LogP contribution in [0.4, 0.5) is 0 Å². The van der Waals surface area contributed by atoms with Crippen LogP contribution in [0.15, 0.2) is 36.0 Å². The maximum atomic E-state index is 5.98. The Morgan fingerprint density at radius 3 is 2.50 bits per heavy atom. The van der Waals surface area contributed by atoms with Crippen molar-refractivity contribution in [1.29, 1.82) is 0 Å². The number of rotatable bonds is 2. The predicted octanol–water partition coefficient (Wildman–Crippen LogP) is 5.22. The van der Waals surface area contributed by atoms with E-state index in [1.807, 2.05) is 12.1 Å². The fourth-order valence-corrected chi connectivity index (χ4v) is 4.51. The van der Waals surface area contributed by atoms with Crippen LogP contribution in [0.3, 0.4) is 0 Å². The van der Waals surface area contributed by atoms with Crippen molar-refractivity contribution in [2.75, 3.05) is 13.1 Å². The molecule has 2 aliphatic rings. The molecular weight excluding hydrogens is 306 g/mol. The number of likely N-dealkylation sites (tertiary alicyclic amines) is 1. The zero-order chi connectivity index (χ0) is 13.9. The number of halogens is 1. The van der Waals surface area contributed by atoms with Crippen LogP contribution >= 0.6 is 35.6 Å². The molecule has 2 aliphatic heterocycles. The number of hydrogen-bond donors (Lipinski definition) is 0. The van der Waals surface area contributed by atoms with E-state index < -0.39 is 0 Å². The van der Waals surface area contributed by atoms with E-state index in [2.05, 4.69) is 23.1 Å². The van der Waals surface area contributed by atoms with E-state index in [1.54, 1.807) is 11.8 Å². The minimum Gasteiger partial charge on any atom is -0.375 e. The zero-order valence-corrected chi connectivity index (χ0v) is 13.7. The van der Waals surface area contributed by atoms with E-state index in [0.717, 1.165) is 15.6 Å². The minimum absolute atomic E-state index is 0.432. The molecule has 0 bridgehead atoms. The largest absolute Gasteiger partial charge is 0.375 e. The number of thioether (sulfide) groups is 1. The molecule has 0 aromatic heterocycles. The van der Waals surface area contributed by atoms with Gasteiger partial charge in [0.25, 0.3) is 0 Å². The molecule has 0 N–H and O–H groups in total. The summed E-state index contributed by atoms with van der Waals surface area (Å²) in [4.78, 5) is 2.53. The molecule has 20 heavy (non-hydrogen) atoms. The van der Waals surface area contributed by atoms with Crippen molar-refractivity contribution in [2.45, 2.75) is 30.9 Å². The van der Waals surface area contributed by atoms with Crippen LogP contribution < -0.4 is 0 Å². The van der Waals surface area contributed by atoms with Gasteiger partial charge < -0.3 is 4.90 Å². The highest BCUT2D eigenvalue weighted by Crippen LogP contribution is 2.41. The Morgan fingerprint density at radius 2 is 1.80 bits per heavy atom. The van der Waals surface area contributed by atoms with E-state index in [1.165, 1.54) is 43.6 Å². The molecule has 1 aromatic carbocycles. The van der Waals surface area contributed by atoms with Crippen molar-refractivity contribution in [3.8, 4) is 0 Å². The highest BCUT2D eigenvalue weighted by Gasteiger charge is 2.24. The molecule has 106 valence electrons. The second-order valence-corrected chi connectivity index (χ2v) is 7.74. The van der Waals surface area contributed by atoms with Crippen LogP contribution in [0.5, 0.6) is 0 Å². The minimum atomic E-state index is 0.432. The first kappa shape index (κ1) is 14.4. The molecule has 4 heteroatoms. The summed E-state index contributed by atoms with van der Waals surface area (Å²) >= 11 is 13.3. The molecule has 0 spiro atoms. The van der Waals surface area contributed by atoms with Crippen LogP contribution in [0.25, 0.3) is 0 Å². The molecule has 0 amide bonds. The normalized spacial score (nSPS) is 23.6. The SMILES string of the molecule is S=C1C=C(N2CCCCC2)C[C@@H](c2ccc(Cl)cc2)S1. The molecule has 0 aliphatic carbocycles. The lowest BCUT2D eigenvalue weighted by Crippen LogP contribution is -2.31. The van der Waals surface area contributed by atoms with Crippen LogP contribution in [0.1, 0.15) is 36.5 Å². The van der Waals surface area contributed by atoms with E-state index >= 15 is 0 Å². The number of nitrogens with zero attached hydrogens (tertiary/aromatic N) is 1. The summed E-state index contributed by atoms with van der Waals surface area (Å²) in [6.45, 7) is 2.37. The second kappa shape index (κ2) is 6.50. The average molecular weight is 324 g/mol. The lowest BCUT2D eigenvalue weighted by molar-refractivity contribution is 0.276. The first-order valence-electron chi connectivity index (χ1n) is 7.14. The molecule has 1 fully saturated rings. The van der Waals surface area contributed by atoms with Gasteiger partial charge in [0.05, 0.1) is 4.20 Å². The van der Waals surface area contributed by atoms with Gasteiger partial charge in [-0.15, -0.1) is 11.8 Å². The van der Waals surface area contributed by atoms with Gasteiger partial charge in [-0.3, -0.25) is 0 Å². The van der Waals surface area contributed by atoms with E-state index in [0.29, 0.717) is 5.25 Å². The van der Waals surface area contributed by atoms with Gasteiger partial charge in [-0.1, -0.05) is 36.0 Å². The second-order valence-electron chi connectivity index (χ2n) is 5.36. The van der Waals surface area contributed by atoms with Crippen molar-refractivity contribution in [3.05, 3.63) is 46.6 Å². The van der Waals surface area contributed by atoms with E-state index in [4.69, 9.17) is 23.8 Å². The third kappa shape index (κ3) is 3.38. The summed E-state index contributed by atoms with van der Waals surface area (Å²) in [5.74, 6) is 0. The van der Waals surface area contributed by atoms with Gasteiger partial charge in [0.15, 0.2) is 0 Å². The zero-order valence-electron chi connectivity index (χ0n) is 11.3. The Kier molecular flexibility index (Phi) is 4.69. The van der Waals surface area contributed by atoms with E-state index in [9.17, 15) is 0 Å². The van der Waals surface area contributed by atoms with Crippen LogP contribution in [-0.2, 0) is 0 Å². The van der Waals surface area contributed by atoms with Crippen LogP contribution in [-0.4, -0.2) is 22.2 Å².